The number of hydrogen-bond donors (Lipinski definition) is 0. The summed E-state index contributed by atoms with van der Waals surface area (Å²) in [5, 5.41) is 0.750. The summed E-state index contributed by atoms with van der Waals surface area (Å²) in [6.07, 6.45) is 1.95. The summed E-state index contributed by atoms with van der Waals surface area (Å²) in [5.74, 6) is 0. The maximum Gasteiger partial charge on any atom is 0.0725 e. The van der Waals surface area contributed by atoms with Crippen LogP contribution in [0.4, 0.5) is 0 Å². The molecule has 0 nitrogen and oxygen atoms in total. The van der Waals surface area contributed by atoms with E-state index < -0.39 is 5.41 Å². The highest BCUT2D eigenvalue weighted by atomic mass is 35.5. The number of rotatable bonds is 3. The van der Waals surface area contributed by atoms with Crippen molar-refractivity contribution in [1.29, 1.82) is 0 Å². The van der Waals surface area contributed by atoms with Crippen molar-refractivity contribution in [3.8, 4) is 44.5 Å². The topological polar surface area (TPSA) is 0 Å². The van der Waals surface area contributed by atoms with Gasteiger partial charge in [-0.3, -0.25) is 0 Å². The molecule has 6 aromatic rings. The van der Waals surface area contributed by atoms with Crippen molar-refractivity contribution in [1.82, 2.24) is 0 Å². The Labute approximate surface area is 239 Å². The molecule has 1 spiro atoms. The summed E-state index contributed by atoms with van der Waals surface area (Å²) in [4.78, 5) is 0. The maximum atomic E-state index is 6.25. The van der Waals surface area contributed by atoms with Gasteiger partial charge >= 0.3 is 0 Å². The van der Waals surface area contributed by atoms with E-state index in [-0.39, 0.29) is 0 Å². The lowest BCUT2D eigenvalue weighted by Crippen LogP contribution is -2.26. The van der Waals surface area contributed by atoms with Crippen LogP contribution >= 0.6 is 11.6 Å². The molecule has 0 saturated heterocycles. The van der Waals surface area contributed by atoms with Crippen LogP contribution in [0.3, 0.4) is 0 Å². The molecule has 0 fully saturated rings. The normalized spacial score (nSPS) is 15.8. The molecule has 2 aliphatic rings. The molecule has 0 aromatic heterocycles. The van der Waals surface area contributed by atoms with Gasteiger partial charge in [-0.15, -0.1) is 0 Å². The van der Waals surface area contributed by atoms with E-state index in [4.69, 9.17) is 11.6 Å². The van der Waals surface area contributed by atoms with Gasteiger partial charge in [0.05, 0.1) is 5.41 Å². The van der Waals surface area contributed by atoms with E-state index in [1.165, 1.54) is 66.8 Å². The van der Waals surface area contributed by atoms with E-state index in [2.05, 4.69) is 128 Å². The largest absolute Gasteiger partial charge is 0.0984 e. The molecule has 0 radical (unpaired) electrons. The van der Waals surface area contributed by atoms with Crippen molar-refractivity contribution in [3.05, 3.63) is 173 Å². The standard InChI is InChI=1S/C39H25Cl/c1-2-25-9-3-4-10-30(25)28-18-22-34-32-12-6-8-14-36(32)39(38(34)24-28)35-13-7-5-11-31(35)33-21-17-27(23-37(33)39)26-15-19-29(40)20-16-26/h2-24H,1H2. The summed E-state index contributed by atoms with van der Waals surface area (Å²) >= 11 is 6.25. The molecule has 1 unspecified atom stereocenters. The molecule has 1 heteroatoms. The van der Waals surface area contributed by atoms with Crippen LogP contribution in [-0.4, -0.2) is 0 Å². The minimum absolute atomic E-state index is 0.403. The number of hydrogen-bond acceptors (Lipinski definition) is 0. The van der Waals surface area contributed by atoms with Crippen molar-refractivity contribution >= 4 is 17.7 Å². The fraction of sp³-hybridized carbons (Fsp3) is 0.0256. The van der Waals surface area contributed by atoms with Crippen molar-refractivity contribution in [2.24, 2.45) is 0 Å². The molecule has 0 N–H and O–H groups in total. The third-order valence-electron chi connectivity index (χ3n) is 8.76. The van der Waals surface area contributed by atoms with Gasteiger partial charge in [0.1, 0.15) is 0 Å². The van der Waals surface area contributed by atoms with Gasteiger partial charge in [0.2, 0.25) is 0 Å². The molecule has 6 aromatic carbocycles. The Balaban J connectivity index is 1.47. The lowest BCUT2D eigenvalue weighted by atomic mass is 9.70. The Bertz CT molecular complexity index is 1970. The van der Waals surface area contributed by atoms with Gasteiger partial charge in [-0.2, -0.15) is 0 Å². The van der Waals surface area contributed by atoms with Gasteiger partial charge < -0.3 is 0 Å². The SMILES string of the molecule is C=Cc1ccccc1-c1ccc2c(c1)C1(c3ccccc3-c3ccc(-c4ccc(Cl)cc4)cc31)c1ccccc1-2. The molecule has 0 heterocycles. The highest BCUT2D eigenvalue weighted by molar-refractivity contribution is 6.30. The van der Waals surface area contributed by atoms with Crippen LogP contribution in [0, 0.1) is 0 Å². The lowest BCUT2D eigenvalue weighted by molar-refractivity contribution is 0.794. The maximum absolute atomic E-state index is 6.25. The Morgan fingerprint density at radius 1 is 0.450 bits per heavy atom. The van der Waals surface area contributed by atoms with Gasteiger partial charge in [-0.1, -0.05) is 133 Å². The lowest BCUT2D eigenvalue weighted by Gasteiger charge is -2.31. The zero-order chi connectivity index (χ0) is 26.8. The van der Waals surface area contributed by atoms with Crippen LogP contribution in [0.2, 0.25) is 5.02 Å². The second kappa shape index (κ2) is 8.68. The molecule has 0 amide bonds. The Hall–Kier alpha value is -4.65. The predicted octanol–water partition coefficient (Wildman–Crippen LogP) is 10.7. The Kier molecular flexibility index (Phi) is 5.05. The van der Waals surface area contributed by atoms with E-state index in [0.717, 1.165) is 10.6 Å². The van der Waals surface area contributed by atoms with Gasteiger partial charge in [-0.05, 0) is 96.6 Å². The van der Waals surface area contributed by atoms with Crippen molar-refractivity contribution in [3.63, 3.8) is 0 Å². The molecule has 40 heavy (non-hydrogen) atoms. The van der Waals surface area contributed by atoms with Gasteiger partial charge in [0, 0.05) is 5.02 Å². The van der Waals surface area contributed by atoms with Crippen molar-refractivity contribution in [2.75, 3.05) is 0 Å². The Morgan fingerprint density at radius 3 is 1.55 bits per heavy atom. The van der Waals surface area contributed by atoms with Crippen molar-refractivity contribution in [2.45, 2.75) is 5.41 Å². The first-order valence-electron chi connectivity index (χ1n) is 13.7. The fourth-order valence-electron chi connectivity index (χ4n) is 7.07. The molecular weight excluding hydrogens is 504 g/mol. The average Bonchev–Trinajstić information content (AvgIpc) is 3.48. The van der Waals surface area contributed by atoms with Crippen LogP contribution in [-0.2, 0) is 5.41 Å². The second-order valence-corrected chi connectivity index (χ2v) is 11.1. The molecule has 0 bridgehead atoms. The molecule has 0 saturated carbocycles. The Morgan fingerprint density at radius 2 is 0.925 bits per heavy atom. The quantitative estimate of drug-likeness (QED) is 0.214. The molecular formula is C39H25Cl. The van der Waals surface area contributed by atoms with Crippen LogP contribution in [0.1, 0.15) is 27.8 Å². The summed E-state index contributed by atoms with van der Waals surface area (Å²) in [6.45, 7) is 4.09. The highest BCUT2D eigenvalue weighted by Gasteiger charge is 2.51. The first-order chi connectivity index (χ1) is 19.7. The van der Waals surface area contributed by atoms with Crippen LogP contribution in [0.15, 0.2) is 140 Å². The van der Waals surface area contributed by atoms with Gasteiger partial charge in [0.25, 0.3) is 0 Å². The monoisotopic (exact) mass is 528 g/mol. The third-order valence-corrected chi connectivity index (χ3v) is 9.01. The number of fused-ring (bicyclic) bond motifs is 10. The van der Waals surface area contributed by atoms with Gasteiger partial charge in [0.15, 0.2) is 0 Å². The number of halogens is 1. The third kappa shape index (κ3) is 3.09. The van der Waals surface area contributed by atoms with E-state index in [1.54, 1.807) is 0 Å². The minimum Gasteiger partial charge on any atom is -0.0984 e. The molecule has 8 rings (SSSR count). The van der Waals surface area contributed by atoms with Crippen LogP contribution in [0.5, 0.6) is 0 Å². The van der Waals surface area contributed by atoms with Crippen LogP contribution in [0.25, 0.3) is 50.6 Å². The molecule has 0 aliphatic heterocycles. The van der Waals surface area contributed by atoms with Crippen molar-refractivity contribution < 1.29 is 0 Å². The van der Waals surface area contributed by atoms with E-state index >= 15 is 0 Å². The molecule has 2 aliphatic carbocycles. The first-order valence-corrected chi connectivity index (χ1v) is 14.0. The van der Waals surface area contributed by atoms with Crippen LogP contribution < -0.4 is 0 Å². The molecule has 1 atom stereocenters. The van der Waals surface area contributed by atoms with E-state index in [0.29, 0.717) is 0 Å². The smallest absolute Gasteiger partial charge is 0.0725 e. The summed E-state index contributed by atoms with van der Waals surface area (Å²) in [7, 11) is 0. The predicted molar refractivity (Wildman–Crippen MR) is 169 cm³/mol. The zero-order valence-corrected chi connectivity index (χ0v) is 22.6. The van der Waals surface area contributed by atoms with E-state index in [1.807, 2.05) is 18.2 Å². The first kappa shape index (κ1) is 23.3. The average molecular weight is 529 g/mol. The summed E-state index contributed by atoms with van der Waals surface area (Å²) in [6, 6.07) is 48.6. The van der Waals surface area contributed by atoms with E-state index in [9.17, 15) is 0 Å². The van der Waals surface area contributed by atoms with Gasteiger partial charge in [-0.25, -0.2) is 0 Å². The summed E-state index contributed by atoms with van der Waals surface area (Å²) in [5.41, 5.74) is 16.1. The second-order valence-electron chi connectivity index (χ2n) is 10.7. The number of benzene rings is 6. The minimum atomic E-state index is -0.403. The summed E-state index contributed by atoms with van der Waals surface area (Å²) < 4.78 is 0. The fourth-order valence-corrected chi connectivity index (χ4v) is 7.19. The zero-order valence-electron chi connectivity index (χ0n) is 21.9. The highest BCUT2D eigenvalue weighted by Crippen LogP contribution is 2.63. The molecule has 188 valence electrons.